The summed E-state index contributed by atoms with van der Waals surface area (Å²) in [6.07, 6.45) is 0.630. The van der Waals surface area contributed by atoms with Crippen LogP contribution in [0.2, 0.25) is 5.02 Å². The number of amides is 1. The summed E-state index contributed by atoms with van der Waals surface area (Å²) in [5.41, 5.74) is 2.07. The third-order valence-electron chi connectivity index (χ3n) is 4.16. The minimum absolute atomic E-state index is 0.129. The largest absolute Gasteiger partial charge is 0.337 e. The molecule has 1 aliphatic heterocycles. The van der Waals surface area contributed by atoms with Gasteiger partial charge in [-0.25, -0.2) is 8.42 Å². The van der Waals surface area contributed by atoms with Gasteiger partial charge in [-0.05, 0) is 48.4 Å². The molecular weight excluding hydrogens is 360 g/mol. The van der Waals surface area contributed by atoms with Crippen molar-refractivity contribution >= 4 is 33.2 Å². The van der Waals surface area contributed by atoms with Crippen LogP contribution >= 0.6 is 11.6 Å². The van der Waals surface area contributed by atoms with Crippen LogP contribution in [0.15, 0.2) is 48.5 Å². The van der Waals surface area contributed by atoms with Crippen LogP contribution in [0.3, 0.4) is 0 Å². The van der Waals surface area contributed by atoms with E-state index in [1.807, 2.05) is 18.2 Å². The maximum Gasteiger partial charge on any atom is 0.253 e. The van der Waals surface area contributed by atoms with Crippen LogP contribution < -0.4 is 4.31 Å². The fraction of sp³-hybridized carbons (Fsp3) is 0.278. The third-order valence-corrected chi connectivity index (χ3v) is 6.26. The lowest BCUT2D eigenvalue weighted by molar-refractivity contribution is 0.0785. The van der Waals surface area contributed by atoms with Crippen molar-refractivity contribution in [1.29, 1.82) is 0 Å². The number of hydrogen-bond acceptors (Lipinski definition) is 3. The van der Waals surface area contributed by atoms with E-state index in [-0.39, 0.29) is 11.7 Å². The molecule has 2 aromatic rings. The molecule has 132 valence electrons. The topological polar surface area (TPSA) is 57.7 Å². The number of sulfonamides is 1. The van der Waals surface area contributed by atoms with Crippen LogP contribution in [0.25, 0.3) is 0 Å². The van der Waals surface area contributed by atoms with Gasteiger partial charge in [-0.2, -0.15) is 0 Å². The molecule has 1 amide bonds. The molecule has 0 radical (unpaired) electrons. The van der Waals surface area contributed by atoms with Crippen LogP contribution in [0.1, 0.15) is 22.3 Å². The number of hydrogen-bond donors (Lipinski definition) is 0. The van der Waals surface area contributed by atoms with E-state index in [1.54, 1.807) is 42.3 Å². The van der Waals surface area contributed by atoms with Crippen molar-refractivity contribution in [1.82, 2.24) is 4.90 Å². The summed E-state index contributed by atoms with van der Waals surface area (Å²) in [4.78, 5) is 14.2. The first-order valence-electron chi connectivity index (χ1n) is 7.97. The first kappa shape index (κ1) is 17.8. The van der Waals surface area contributed by atoms with Gasteiger partial charge in [0.25, 0.3) is 5.91 Å². The minimum atomic E-state index is -3.21. The fourth-order valence-electron chi connectivity index (χ4n) is 2.90. The molecule has 0 spiro atoms. The predicted octanol–water partition coefficient (Wildman–Crippen LogP) is 3.15. The molecule has 1 saturated heterocycles. The van der Waals surface area contributed by atoms with Gasteiger partial charge < -0.3 is 4.90 Å². The second-order valence-electron chi connectivity index (χ2n) is 6.08. The van der Waals surface area contributed by atoms with Crippen molar-refractivity contribution in [3.8, 4) is 0 Å². The smallest absolute Gasteiger partial charge is 0.253 e. The molecule has 0 unspecified atom stereocenters. The molecule has 0 N–H and O–H groups in total. The van der Waals surface area contributed by atoms with Crippen molar-refractivity contribution in [3.63, 3.8) is 0 Å². The van der Waals surface area contributed by atoms with Crippen LogP contribution in [0, 0.1) is 0 Å². The van der Waals surface area contributed by atoms with Gasteiger partial charge in [0.15, 0.2) is 0 Å². The quantitative estimate of drug-likeness (QED) is 0.821. The number of carbonyl (C=O) groups excluding carboxylic acids is 1. The monoisotopic (exact) mass is 378 g/mol. The van der Waals surface area contributed by atoms with E-state index < -0.39 is 10.0 Å². The highest BCUT2D eigenvalue weighted by atomic mass is 35.5. The Morgan fingerprint density at radius 2 is 1.92 bits per heavy atom. The van der Waals surface area contributed by atoms with E-state index >= 15 is 0 Å². The van der Waals surface area contributed by atoms with Crippen molar-refractivity contribution < 1.29 is 13.2 Å². The lowest BCUT2D eigenvalue weighted by Crippen LogP contribution is -2.27. The van der Waals surface area contributed by atoms with Crippen molar-refractivity contribution in [3.05, 3.63) is 64.7 Å². The maximum atomic E-state index is 12.6. The highest BCUT2D eigenvalue weighted by Gasteiger charge is 2.28. The Morgan fingerprint density at radius 1 is 1.20 bits per heavy atom. The van der Waals surface area contributed by atoms with Gasteiger partial charge in [0.2, 0.25) is 10.0 Å². The summed E-state index contributed by atoms with van der Waals surface area (Å²) >= 11 is 5.97. The van der Waals surface area contributed by atoms with Crippen molar-refractivity contribution in [2.24, 2.45) is 0 Å². The second kappa shape index (κ2) is 7.06. The van der Waals surface area contributed by atoms with E-state index in [0.717, 1.165) is 5.56 Å². The molecule has 1 heterocycles. The van der Waals surface area contributed by atoms with Gasteiger partial charge in [-0.15, -0.1) is 0 Å². The molecule has 7 heteroatoms. The number of carbonyl (C=O) groups is 1. The molecule has 0 aromatic heterocycles. The molecule has 1 fully saturated rings. The molecule has 5 nitrogen and oxygen atoms in total. The van der Waals surface area contributed by atoms with E-state index in [0.29, 0.717) is 35.8 Å². The minimum Gasteiger partial charge on any atom is -0.337 e. The van der Waals surface area contributed by atoms with Crippen LogP contribution in [-0.4, -0.2) is 38.6 Å². The van der Waals surface area contributed by atoms with Crippen LogP contribution in [-0.2, 0) is 16.6 Å². The first-order valence-corrected chi connectivity index (χ1v) is 9.96. The molecule has 0 aliphatic carbocycles. The Bertz CT molecular complexity index is 881. The SMILES string of the molecule is CN(Cc1cccc(Cl)c1)C(=O)c1ccc(N2CCCS2(=O)=O)cc1. The Balaban J connectivity index is 1.72. The van der Waals surface area contributed by atoms with Gasteiger partial charge in [0.05, 0.1) is 11.4 Å². The standard InChI is InChI=1S/C18H19ClN2O3S/c1-20(13-14-4-2-5-16(19)12-14)18(22)15-6-8-17(9-7-15)21-10-3-11-25(21,23)24/h2,4-9,12H,3,10-11,13H2,1H3. The van der Waals surface area contributed by atoms with E-state index in [1.165, 1.54) is 4.31 Å². The fourth-order valence-corrected chi connectivity index (χ4v) is 4.68. The van der Waals surface area contributed by atoms with Gasteiger partial charge in [0, 0.05) is 30.7 Å². The summed E-state index contributed by atoms with van der Waals surface area (Å²) < 4.78 is 25.3. The van der Waals surface area contributed by atoms with E-state index in [9.17, 15) is 13.2 Å². The molecule has 3 rings (SSSR count). The average molecular weight is 379 g/mol. The lowest BCUT2D eigenvalue weighted by Gasteiger charge is -2.19. The lowest BCUT2D eigenvalue weighted by atomic mass is 10.1. The summed E-state index contributed by atoms with van der Waals surface area (Å²) in [6, 6.07) is 14.1. The van der Waals surface area contributed by atoms with E-state index in [2.05, 4.69) is 0 Å². The molecule has 0 atom stereocenters. The van der Waals surface area contributed by atoms with Crippen LogP contribution in [0.4, 0.5) is 5.69 Å². The number of halogens is 1. The Morgan fingerprint density at radius 3 is 2.52 bits per heavy atom. The summed E-state index contributed by atoms with van der Waals surface area (Å²) in [5.74, 6) is 0.0478. The van der Waals surface area contributed by atoms with Gasteiger partial charge in [0.1, 0.15) is 0 Å². The maximum absolute atomic E-state index is 12.6. The van der Waals surface area contributed by atoms with Gasteiger partial charge in [-0.1, -0.05) is 23.7 Å². The summed E-state index contributed by atoms with van der Waals surface area (Å²) in [7, 11) is -1.48. The normalized spacial score (nSPS) is 16.0. The number of anilines is 1. The first-order chi connectivity index (χ1) is 11.9. The Labute approximate surface area is 152 Å². The molecular formula is C18H19ClN2O3S. The zero-order valence-corrected chi connectivity index (χ0v) is 15.4. The number of nitrogens with zero attached hydrogens (tertiary/aromatic N) is 2. The molecule has 1 aliphatic rings. The molecule has 0 bridgehead atoms. The average Bonchev–Trinajstić information content (AvgIpc) is 2.93. The van der Waals surface area contributed by atoms with Crippen molar-refractivity contribution in [2.45, 2.75) is 13.0 Å². The molecule has 25 heavy (non-hydrogen) atoms. The predicted molar refractivity (Wildman–Crippen MR) is 99.4 cm³/mol. The highest BCUT2D eigenvalue weighted by molar-refractivity contribution is 7.93. The Kier molecular flexibility index (Phi) is 5.01. The zero-order chi connectivity index (χ0) is 18.0. The molecule has 0 saturated carbocycles. The van der Waals surface area contributed by atoms with E-state index in [4.69, 9.17) is 11.6 Å². The summed E-state index contributed by atoms with van der Waals surface area (Å²) in [6.45, 7) is 0.936. The third kappa shape index (κ3) is 3.96. The Hall–Kier alpha value is -2.05. The number of rotatable bonds is 4. The van der Waals surface area contributed by atoms with Crippen LogP contribution in [0.5, 0.6) is 0 Å². The van der Waals surface area contributed by atoms with Gasteiger partial charge >= 0.3 is 0 Å². The zero-order valence-electron chi connectivity index (χ0n) is 13.9. The number of benzene rings is 2. The van der Waals surface area contributed by atoms with Gasteiger partial charge in [-0.3, -0.25) is 9.10 Å². The summed E-state index contributed by atoms with van der Waals surface area (Å²) in [5, 5.41) is 0.634. The highest BCUT2D eigenvalue weighted by Crippen LogP contribution is 2.24. The second-order valence-corrected chi connectivity index (χ2v) is 8.53. The molecule has 2 aromatic carbocycles. The van der Waals surface area contributed by atoms with Crippen molar-refractivity contribution in [2.75, 3.05) is 23.7 Å².